The third-order valence-electron chi connectivity index (χ3n) is 3.63. The lowest BCUT2D eigenvalue weighted by molar-refractivity contribution is 0.0914. The first-order valence-electron chi connectivity index (χ1n) is 7.26. The summed E-state index contributed by atoms with van der Waals surface area (Å²) in [6, 6.07) is 1.76. The molecule has 1 fully saturated rings. The van der Waals surface area contributed by atoms with Crippen LogP contribution in [-0.2, 0) is 4.74 Å². The maximum atomic E-state index is 12.3. The summed E-state index contributed by atoms with van der Waals surface area (Å²) in [5, 5.41) is 6.99. The number of nitrogens with one attached hydrogen (secondary N) is 3. The Balaban J connectivity index is 1.99. The number of amides is 1. The van der Waals surface area contributed by atoms with Crippen molar-refractivity contribution in [2.45, 2.75) is 26.3 Å². The molecule has 0 spiro atoms. The molecule has 0 radical (unpaired) electrons. The first-order chi connectivity index (χ1) is 10.1. The molecule has 21 heavy (non-hydrogen) atoms. The van der Waals surface area contributed by atoms with Crippen molar-refractivity contribution in [3.05, 3.63) is 34.8 Å². The largest absolute Gasteiger partial charge is 0.502 e. The molecule has 1 aliphatic rings. The second-order valence-corrected chi connectivity index (χ2v) is 5.58. The van der Waals surface area contributed by atoms with Gasteiger partial charge in [0.15, 0.2) is 0 Å². The van der Waals surface area contributed by atoms with E-state index in [1.54, 1.807) is 12.3 Å². The van der Waals surface area contributed by atoms with E-state index < -0.39 is 0 Å². The fourth-order valence-corrected chi connectivity index (χ4v) is 2.57. The predicted octanol–water partition coefficient (Wildman–Crippen LogP) is 2.23. The third-order valence-corrected chi connectivity index (χ3v) is 4.02. The molecule has 1 aromatic rings. The number of H-pyrrole nitrogens is 1. The second-order valence-electron chi connectivity index (χ2n) is 5.18. The fraction of sp³-hybridized carbons (Fsp3) is 0.533. The smallest absolute Gasteiger partial charge is 0.267 e. The molecule has 3 N–H and O–H groups in total. The van der Waals surface area contributed by atoms with E-state index in [-0.39, 0.29) is 17.9 Å². The normalized spacial score (nSPS) is 22.4. The molecular formula is C15H22ClN3O2. The molecule has 0 saturated carbocycles. The Labute approximate surface area is 130 Å². The Morgan fingerprint density at radius 3 is 3.10 bits per heavy atom. The van der Waals surface area contributed by atoms with Crippen molar-refractivity contribution in [2.75, 3.05) is 19.7 Å². The maximum Gasteiger partial charge on any atom is 0.267 e. The molecule has 2 heterocycles. The van der Waals surface area contributed by atoms with Gasteiger partial charge in [-0.25, -0.2) is 0 Å². The van der Waals surface area contributed by atoms with Gasteiger partial charge in [0.2, 0.25) is 0 Å². The highest BCUT2D eigenvalue weighted by Crippen LogP contribution is 2.18. The molecule has 6 heteroatoms. The summed E-state index contributed by atoms with van der Waals surface area (Å²) in [5.74, 6) is 0.104. The molecule has 1 aromatic heterocycles. The zero-order valence-electron chi connectivity index (χ0n) is 12.4. The van der Waals surface area contributed by atoms with Crippen LogP contribution in [0.1, 0.15) is 29.5 Å². The van der Waals surface area contributed by atoms with Crippen LogP contribution in [0.5, 0.6) is 0 Å². The van der Waals surface area contributed by atoms with Gasteiger partial charge < -0.3 is 20.4 Å². The first-order valence-corrected chi connectivity index (χ1v) is 7.64. The van der Waals surface area contributed by atoms with Gasteiger partial charge in [0, 0.05) is 24.2 Å². The number of hydrogen-bond acceptors (Lipinski definition) is 3. The number of rotatable bonds is 5. The van der Waals surface area contributed by atoms with E-state index in [1.165, 1.54) is 0 Å². The lowest BCUT2D eigenvalue weighted by atomic mass is 9.93. The van der Waals surface area contributed by atoms with E-state index in [1.807, 2.05) is 19.9 Å². The highest BCUT2D eigenvalue weighted by atomic mass is 35.5. The quantitative estimate of drug-likeness (QED) is 0.731. The van der Waals surface area contributed by atoms with Crippen LogP contribution in [0.2, 0.25) is 5.02 Å². The Bertz CT molecular complexity index is 494. The van der Waals surface area contributed by atoms with E-state index in [9.17, 15) is 4.79 Å². The number of ether oxygens (including phenoxy) is 1. The minimum atomic E-state index is -0.119. The zero-order chi connectivity index (χ0) is 15.2. The number of aromatic nitrogens is 1. The Morgan fingerprint density at radius 1 is 1.62 bits per heavy atom. The Morgan fingerprint density at radius 2 is 2.43 bits per heavy atom. The number of carbonyl (C=O) groups is 1. The summed E-state index contributed by atoms with van der Waals surface area (Å²) in [6.07, 6.45) is 4.61. The number of aromatic amines is 1. The van der Waals surface area contributed by atoms with Crippen molar-refractivity contribution >= 4 is 17.5 Å². The van der Waals surface area contributed by atoms with Crippen LogP contribution in [0.25, 0.3) is 0 Å². The van der Waals surface area contributed by atoms with Crippen molar-refractivity contribution in [1.29, 1.82) is 0 Å². The van der Waals surface area contributed by atoms with E-state index in [0.29, 0.717) is 17.3 Å². The minimum Gasteiger partial charge on any atom is -0.502 e. The molecule has 1 saturated heterocycles. The zero-order valence-corrected chi connectivity index (χ0v) is 13.2. The molecule has 1 aliphatic heterocycles. The van der Waals surface area contributed by atoms with Crippen LogP contribution >= 0.6 is 11.6 Å². The lowest BCUT2D eigenvalue weighted by Crippen LogP contribution is -2.48. The number of carbonyl (C=O) groups excluding carboxylic acids is 1. The summed E-state index contributed by atoms with van der Waals surface area (Å²) in [6.45, 7) is 6.17. The van der Waals surface area contributed by atoms with E-state index in [4.69, 9.17) is 16.3 Å². The molecule has 0 aliphatic carbocycles. The molecule has 2 unspecified atom stereocenters. The van der Waals surface area contributed by atoms with E-state index >= 15 is 0 Å². The van der Waals surface area contributed by atoms with Gasteiger partial charge in [0.05, 0.1) is 17.9 Å². The standard InChI is InChI=1S/C15H22ClN3O2/c1-3-21-7-5-11-9-17-6-4-13(11)19-15(20)14-8-12(16)10(2)18-14/h5,7-8,11,13,17-18H,3-4,6,9H2,1-2H3,(H,19,20). The van der Waals surface area contributed by atoms with Crippen LogP contribution in [0.15, 0.2) is 18.4 Å². The van der Waals surface area contributed by atoms with Crippen LogP contribution < -0.4 is 10.6 Å². The highest BCUT2D eigenvalue weighted by molar-refractivity contribution is 6.31. The number of aryl methyl sites for hydroxylation is 1. The lowest BCUT2D eigenvalue weighted by Gasteiger charge is -2.30. The van der Waals surface area contributed by atoms with Gasteiger partial charge in [0.25, 0.3) is 5.91 Å². The Hall–Kier alpha value is -1.46. The predicted molar refractivity (Wildman–Crippen MR) is 83.5 cm³/mol. The SMILES string of the molecule is CCOC=CC1CNCCC1NC(=O)c1cc(Cl)c(C)[nH]1. The maximum absolute atomic E-state index is 12.3. The number of piperidine rings is 1. The topological polar surface area (TPSA) is 66.2 Å². The van der Waals surface area contributed by atoms with E-state index in [0.717, 1.165) is 25.2 Å². The van der Waals surface area contributed by atoms with Gasteiger partial charge in [0.1, 0.15) is 5.69 Å². The number of halogens is 1. The molecule has 0 aromatic carbocycles. The van der Waals surface area contributed by atoms with Crippen molar-refractivity contribution < 1.29 is 9.53 Å². The number of hydrogen-bond donors (Lipinski definition) is 3. The van der Waals surface area contributed by atoms with Crippen molar-refractivity contribution in [3.8, 4) is 0 Å². The van der Waals surface area contributed by atoms with Crippen LogP contribution in [-0.4, -0.2) is 36.6 Å². The summed E-state index contributed by atoms with van der Waals surface area (Å²) >= 11 is 5.98. The fourth-order valence-electron chi connectivity index (χ4n) is 2.42. The monoisotopic (exact) mass is 311 g/mol. The molecule has 116 valence electrons. The van der Waals surface area contributed by atoms with Gasteiger partial charge >= 0.3 is 0 Å². The summed E-state index contributed by atoms with van der Waals surface area (Å²) in [7, 11) is 0. The van der Waals surface area contributed by atoms with E-state index in [2.05, 4.69) is 15.6 Å². The summed E-state index contributed by atoms with van der Waals surface area (Å²) in [5.41, 5.74) is 1.31. The van der Waals surface area contributed by atoms with Crippen LogP contribution in [0, 0.1) is 12.8 Å². The average molecular weight is 312 g/mol. The van der Waals surface area contributed by atoms with Gasteiger partial charge in [-0.3, -0.25) is 4.79 Å². The van der Waals surface area contributed by atoms with Crippen molar-refractivity contribution in [1.82, 2.24) is 15.6 Å². The third kappa shape index (κ3) is 4.25. The average Bonchev–Trinajstić information content (AvgIpc) is 2.81. The van der Waals surface area contributed by atoms with Crippen molar-refractivity contribution in [3.63, 3.8) is 0 Å². The van der Waals surface area contributed by atoms with Gasteiger partial charge in [-0.1, -0.05) is 11.6 Å². The van der Waals surface area contributed by atoms with Gasteiger partial charge in [-0.15, -0.1) is 0 Å². The van der Waals surface area contributed by atoms with Gasteiger partial charge in [-0.05, 0) is 39.0 Å². The summed E-state index contributed by atoms with van der Waals surface area (Å²) in [4.78, 5) is 15.3. The van der Waals surface area contributed by atoms with Crippen molar-refractivity contribution in [2.24, 2.45) is 5.92 Å². The molecule has 5 nitrogen and oxygen atoms in total. The first kappa shape index (κ1) is 15.9. The highest BCUT2D eigenvalue weighted by Gasteiger charge is 2.25. The summed E-state index contributed by atoms with van der Waals surface area (Å²) < 4.78 is 5.25. The Kier molecular flexibility index (Phi) is 5.70. The molecule has 2 atom stereocenters. The molecular weight excluding hydrogens is 290 g/mol. The second kappa shape index (κ2) is 7.52. The van der Waals surface area contributed by atoms with Crippen LogP contribution in [0.3, 0.4) is 0 Å². The molecule has 1 amide bonds. The molecule has 0 bridgehead atoms. The minimum absolute atomic E-state index is 0.0952. The molecule has 2 rings (SSSR count). The van der Waals surface area contributed by atoms with Gasteiger partial charge in [-0.2, -0.15) is 0 Å². The van der Waals surface area contributed by atoms with Crippen LogP contribution in [0.4, 0.5) is 0 Å².